The Morgan fingerprint density at radius 3 is 2.39 bits per heavy atom. The van der Waals surface area contributed by atoms with E-state index in [1.807, 2.05) is 25.4 Å². The van der Waals surface area contributed by atoms with Gasteiger partial charge in [0.2, 0.25) is 0 Å². The molecule has 0 aliphatic carbocycles. The molecule has 1 unspecified atom stereocenters. The molecule has 0 bridgehead atoms. The van der Waals surface area contributed by atoms with Crippen LogP contribution in [0.4, 0.5) is 0 Å². The quantitative estimate of drug-likeness (QED) is 0.887. The van der Waals surface area contributed by atoms with Crippen molar-refractivity contribution in [2.45, 2.75) is 26.3 Å². The Balaban J connectivity index is 2.23. The maximum Gasteiger partial charge on any atom is 0.0422 e. The average Bonchev–Trinajstić information content (AvgIpc) is 2.36. The van der Waals surface area contributed by atoms with Crippen molar-refractivity contribution in [1.29, 1.82) is 0 Å². The van der Waals surface area contributed by atoms with Crippen molar-refractivity contribution in [3.63, 3.8) is 0 Å². The molecule has 0 aliphatic heterocycles. The standard InChI is InChI=1S/C16H20N2/c1-12-8-13(2)10-14(9-12)16(17-3)11-15-6-4-5-7-18-15/h4-10,16-17H,11H2,1-3H3. The van der Waals surface area contributed by atoms with Gasteiger partial charge in [0.25, 0.3) is 0 Å². The average molecular weight is 240 g/mol. The van der Waals surface area contributed by atoms with Gasteiger partial charge in [-0.3, -0.25) is 4.98 Å². The third kappa shape index (κ3) is 3.17. The fourth-order valence-corrected chi connectivity index (χ4v) is 2.33. The molecule has 0 saturated heterocycles. The lowest BCUT2D eigenvalue weighted by Gasteiger charge is -2.17. The van der Waals surface area contributed by atoms with Gasteiger partial charge in [0, 0.05) is 24.4 Å². The second-order valence-corrected chi connectivity index (χ2v) is 4.79. The number of hydrogen-bond acceptors (Lipinski definition) is 2. The van der Waals surface area contributed by atoms with Gasteiger partial charge in [-0.25, -0.2) is 0 Å². The molecule has 0 fully saturated rings. The molecule has 1 atom stereocenters. The van der Waals surface area contributed by atoms with Crippen molar-refractivity contribution in [2.24, 2.45) is 0 Å². The minimum atomic E-state index is 0.318. The molecule has 0 aliphatic rings. The number of nitrogens with one attached hydrogen (secondary N) is 1. The Labute approximate surface area is 109 Å². The summed E-state index contributed by atoms with van der Waals surface area (Å²) in [7, 11) is 2.01. The molecular formula is C16H20N2. The number of likely N-dealkylation sites (N-methyl/N-ethyl adjacent to an activating group) is 1. The number of rotatable bonds is 4. The first-order valence-corrected chi connectivity index (χ1v) is 6.34. The molecule has 1 aromatic heterocycles. The highest BCUT2D eigenvalue weighted by Crippen LogP contribution is 2.20. The van der Waals surface area contributed by atoms with Crippen molar-refractivity contribution in [3.8, 4) is 0 Å². The van der Waals surface area contributed by atoms with Crippen LogP contribution in [0.15, 0.2) is 42.6 Å². The summed E-state index contributed by atoms with van der Waals surface area (Å²) in [6.07, 6.45) is 2.77. The van der Waals surface area contributed by atoms with Gasteiger partial charge in [-0.05, 0) is 38.6 Å². The second kappa shape index (κ2) is 5.78. The molecule has 0 radical (unpaired) electrons. The first-order chi connectivity index (χ1) is 8.69. The molecule has 2 rings (SSSR count). The van der Waals surface area contributed by atoms with E-state index in [1.165, 1.54) is 16.7 Å². The molecule has 2 nitrogen and oxygen atoms in total. The van der Waals surface area contributed by atoms with Crippen LogP contribution < -0.4 is 5.32 Å². The van der Waals surface area contributed by atoms with E-state index in [1.54, 1.807) is 0 Å². The van der Waals surface area contributed by atoms with E-state index in [-0.39, 0.29) is 0 Å². The lowest BCUT2D eigenvalue weighted by Crippen LogP contribution is -2.19. The highest BCUT2D eigenvalue weighted by Gasteiger charge is 2.11. The van der Waals surface area contributed by atoms with Crippen LogP contribution >= 0.6 is 0 Å². The van der Waals surface area contributed by atoms with Crippen LogP contribution in [0.2, 0.25) is 0 Å². The van der Waals surface area contributed by atoms with Crippen LogP contribution in [0, 0.1) is 13.8 Å². The Bertz CT molecular complexity index is 486. The smallest absolute Gasteiger partial charge is 0.0422 e. The number of pyridine rings is 1. The summed E-state index contributed by atoms with van der Waals surface area (Å²) in [5, 5.41) is 3.38. The molecule has 94 valence electrons. The van der Waals surface area contributed by atoms with Crippen LogP contribution in [0.3, 0.4) is 0 Å². The zero-order valence-electron chi connectivity index (χ0n) is 11.3. The summed E-state index contributed by atoms with van der Waals surface area (Å²) >= 11 is 0. The van der Waals surface area contributed by atoms with Gasteiger partial charge >= 0.3 is 0 Å². The predicted octanol–water partition coefficient (Wildman–Crippen LogP) is 3.20. The SMILES string of the molecule is CNC(Cc1ccccn1)c1cc(C)cc(C)c1. The van der Waals surface area contributed by atoms with Gasteiger partial charge in [-0.15, -0.1) is 0 Å². The zero-order valence-corrected chi connectivity index (χ0v) is 11.3. The van der Waals surface area contributed by atoms with Crippen molar-refractivity contribution in [1.82, 2.24) is 10.3 Å². The molecule has 0 saturated carbocycles. The normalized spacial score (nSPS) is 12.4. The first-order valence-electron chi connectivity index (χ1n) is 6.34. The molecular weight excluding hydrogens is 220 g/mol. The van der Waals surface area contributed by atoms with Gasteiger partial charge in [-0.1, -0.05) is 35.4 Å². The maximum atomic E-state index is 4.40. The largest absolute Gasteiger partial charge is 0.313 e. The van der Waals surface area contributed by atoms with E-state index >= 15 is 0 Å². The summed E-state index contributed by atoms with van der Waals surface area (Å²) in [5.74, 6) is 0. The van der Waals surface area contributed by atoms with Gasteiger partial charge in [0.1, 0.15) is 0 Å². The Morgan fingerprint density at radius 1 is 1.11 bits per heavy atom. The first kappa shape index (κ1) is 12.8. The van der Waals surface area contributed by atoms with Crippen LogP contribution in [-0.4, -0.2) is 12.0 Å². The summed E-state index contributed by atoms with van der Waals surface area (Å²) < 4.78 is 0. The van der Waals surface area contributed by atoms with Crippen molar-refractivity contribution in [2.75, 3.05) is 7.05 Å². The zero-order chi connectivity index (χ0) is 13.0. The van der Waals surface area contributed by atoms with Crippen molar-refractivity contribution in [3.05, 3.63) is 65.0 Å². The van der Waals surface area contributed by atoms with E-state index in [0.717, 1.165) is 12.1 Å². The van der Waals surface area contributed by atoms with Crippen LogP contribution in [-0.2, 0) is 6.42 Å². The van der Waals surface area contributed by atoms with Crippen LogP contribution in [0.1, 0.15) is 28.4 Å². The summed E-state index contributed by atoms with van der Waals surface area (Å²) in [6.45, 7) is 4.29. The molecule has 1 N–H and O–H groups in total. The molecule has 0 amide bonds. The van der Waals surface area contributed by atoms with E-state index in [9.17, 15) is 0 Å². The Hall–Kier alpha value is -1.67. The van der Waals surface area contributed by atoms with Gasteiger partial charge in [-0.2, -0.15) is 0 Å². The lowest BCUT2D eigenvalue weighted by atomic mass is 9.98. The Morgan fingerprint density at radius 2 is 1.83 bits per heavy atom. The minimum Gasteiger partial charge on any atom is -0.313 e. The molecule has 0 spiro atoms. The van der Waals surface area contributed by atoms with E-state index in [4.69, 9.17) is 0 Å². The third-order valence-electron chi connectivity index (χ3n) is 3.13. The molecule has 2 heteroatoms. The van der Waals surface area contributed by atoms with Gasteiger partial charge in [0.15, 0.2) is 0 Å². The van der Waals surface area contributed by atoms with Crippen LogP contribution in [0.5, 0.6) is 0 Å². The molecule has 1 heterocycles. The monoisotopic (exact) mass is 240 g/mol. The number of aromatic nitrogens is 1. The van der Waals surface area contributed by atoms with E-state index in [2.05, 4.69) is 48.4 Å². The Kier molecular flexibility index (Phi) is 4.11. The lowest BCUT2D eigenvalue weighted by molar-refractivity contribution is 0.583. The van der Waals surface area contributed by atoms with Gasteiger partial charge in [0.05, 0.1) is 0 Å². The topological polar surface area (TPSA) is 24.9 Å². The predicted molar refractivity (Wildman–Crippen MR) is 75.7 cm³/mol. The number of nitrogens with zero attached hydrogens (tertiary/aromatic N) is 1. The molecule has 2 aromatic rings. The van der Waals surface area contributed by atoms with E-state index < -0.39 is 0 Å². The maximum absolute atomic E-state index is 4.40. The molecule has 1 aromatic carbocycles. The third-order valence-corrected chi connectivity index (χ3v) is 3.13. The molecule has 18 heavy (non-hydrogen) atoms. The summed E-state index contributed by atoms with van der Waals surface area (Å²) in [4.78, 5) is 4.40. The van der Waals surface area contributed by atoms with Crippen molar-refractivity contribution >= 4 is 0 Å². The summed E-state index contributed by atoms with van der Waals surface area (Å²) in [5.41, 5.74) is 5.08. The fraction of sp³-hybridized carbons (Fsp3) is 0.312. The minimum absolute atomic E-state index is 0.318. The highest BCUT2D eigenvalue weighted by atomic mass is 14.9. The summed E-state index contributed by atoms with van der Waals surface area (Å²) in [6, 6.07) is 13.1. The van der Waals surface area contributed by atoms with E-state index in [0.29, 0.717) is 6.04 Å². The van der Waals surface area contributed by atoms with Crippen LogP contribution in [0.25, 0.3) is 0 Å². The van der Waals surface area contributed by atoms with Gasteiger partial charge < -0.3 is 5.32 Å². The fourth-order valence-electron chi connectivity index (χ4n) is 2.33. The highest BCUT2D eigenvalue weighted by molar-refractivity contribution is 5.31. The van der Waals surface area contributed by atoms with Crippen molar-refractivity contribution < 1.29 is 0 Å². The second-order valence-electron chi connectivity index (χ2n) is 4.79. The number of hydrogen-bond donors (Lipinski definition) is 1. The number of aryl methyl sites for hydroxylation is 2. The number of benzene rings is 1.